The minimum absolute atomic E-state index is 0.311. The second-order valence-corrected chi connectivity index (χ2v) is 4.26. The van der Waals surface area contributed by atoms with Crippen LogP contribution in [0, 0.1) is 0 Å². The average molecular weight is 235 g/mol. The van der Waals surface area contributed by atoms with E-state index in [4.69, 9.17) is 4.74 Å². The first kappa shape index (κ1) is 13.6. The van der Waals surface area contributed by atoms with Crippen LogP contribution in [0.5, 0.6) is 5.75 Å². The fraction of sp³-hybridized carbons (Fsp3) is 0.500. The van der Waals surface area contributed by atoms with Crippen LogP contribution in [-0.4, -0.2) is 24.6 Å². The molecule has 0 aliphatic rings. The van der Waals surface area contributed by atoms with Crippen LogP contribution in [-0.2, 0) is 0 Å². The minimum Gasteiger partial charge on any atom is -0.410 e. The fourth-order valence-corrected chi connectivity index (χ4v) is 1.43. The summed E-state index contributed by atoms with van der Waals surface area (Å²) in [7, 11) is 1.72. The van der Waals surface area contributed by atoms with Gasteiger partial charge in [0, 0.05) is 13.6 Å². The molecule has 0 saturated heterocycles. The first-order valence-corrected chi connectivity index (χ1v) is 6.11. The van der Waals surface area contributed by atoms with Crippen LogP contribution in [0.1, 0.15) is 38.7 Å². The summed E-state index contributed by atoms with van der Waals surface area (Å²) in [5.41, 5.74) is 1.21. The zero-order valence-corrected chi connectivity index (χ0v) is 11.1. The molecule has 1 atom stereocenters. The molecule has 0 spiro atoms. The van der Waals surface area contributed by atoms with Crippen LogP contribution in [0.25, 0.3) is 0 Å². The van der Waals surface area contributed by atoms with E-state index in [1.807, 2.05) is 25.1 Å². The first-order chi connectivity index (χ1) is 8.08. The van der Waals surface area contributed by atoms with E-state index in [0.717, 1.165) is 6.42 Å². The predicted molar refractivity (Wildman–Crippen MR) is 69.5 cm³/mol. The summed E-state index contributed by atoms with van der Waals surface area (Å²) in [5.74, 6) is 1.10. The van der Waals surface area contributed by atoms with Crippen molar-refractivity contribution in [1.29, 1.82) is 0 Å². The highest BCUT2D eigenvalue weighted by Crippen LogP contribution is 2.23. The van der Waals surface area contributed by atoms with Gasteiger partial charge in [0.15, 0.2) is 0 Å². The lowest BCUT2D eigenvalue weighted by Crippen LogP contribution is -2.29. The maximum atomic E-state index is 11.6. The van der Waals surface area contributed by atoms with Gasteiger partial charge in [0.2, 0.25) is 0 Å². The van der Waals surface area contributed by atoms with Gasteiger partial charge in [-0.25, -0.2) is 4.79 Å². The summed E-state index contributed by atoms with van der Waals surface area (Å²) in [5, 5.41) is 0. The van der Waals surface area contributed by atoms with Crippen molar-refractivity contribution in [2.45, 2.75) is 33.1 Å². The summed E-state index contributed by atoms with van der Waals surface area (Å²) in [6, 6.07) is 7.74. The number of nitrogens with zero attached hydrogens (tertiary/aromatic N) is 1. The Morgan fingerprint density at radius 3 is 2.71 bits per heavy atom. The third-order valence-corrected chi connectivity index (χ3v) is 3.03. The molecule has 0 heterocycles. The zero-order valence-electron chi connectivity index (χ0n) is 11.1. The molecule has 94 valence electrons. The van der Waals surface area contributed by atoms with E-state index < -0.39 is 0 Å². The van der Waals surface area contributed by atoms with Gasteiger partial charge >= 0.3 is 6.09 Å². The van der Waals surface area contributed by atoms with E-state index >= 15 is 0 Å². The number of ether oxygens (including phenoxy) is 1. The molecule has 3 heteroatoms. The molecule has 1 rings (SSSR count). The quantitative estimate of drug-likeness (QED) is 0.797. The molecule has 3 nitrogen and oxygen atoms in total. The van der Waals surface area contributed by atoms with Crippen LogP contribution in [0.4, 0.5) is 4.79 Å². The molecule has 1 unspecified atom stereocenters. The van der Waals surface area contributed by atoms with Gasteiger partial charge in [0.25, 0.3) is 0 Å². The Balaban J connectivity index is 2.75. The van der Waals surface area contributed by atoms with Gasteiger partial charge in [-0.15, -0.1) is 0 Å². The van der Waals surface area contributed by atoms with E-state index in [2.05, 4.69) is 19.9 Å². The number of carbonyl (C=O) groups excluding carboxylic acids is 1. The van der Waals surface area contributed by atoms with Crippen LogP contribution < -0.4 is 4.74 Å². The summed E-state index contributed by atoms with van der Waals surface area (Å²) in [6.07, 6.45) is 0.764. The summed E-state index contributed by atoms with van der Waals surface area (Å²) in [4.78, 5) is 13.1. The summed E-state index contributed by atoms with van der Waals surface area (Å²) < 4.78 is 5.29. The number of benzene rings is 1. The Morgan fingerprint density at radius 1 is 1.41 bits per heavy atom. The monoisotopic (exact) mass is 235 g/mol. The summed E-state index contributed by atoms with van der Waals surface area (Å²) >= 11 is 0. The van der Waals surface area contributed by atoms with Crippen molar-refractivity contribution in [3.8, 4) is 5.75 Å². The van der Waals surface area contributed by atoms with Crippen molar-refractivity contribution in [3.05, 3.63) is 29.8 Å². The number of rotatable bonds is 4. The van der Waals surface area contributed by atoms with E-state index in [-0.39, 0.29) is 6.09 Å². The molecule has 1 amide bonds. The molecule has 0 N–H and O–H groups in total. The van der Waals surface area contributed by atoms with Crippen molar-refractivity contribution in [2.24, 2.45) is 0 Å². The molecule has 0 bridgehead atoms. The Morgan fingerprint density at radius 2 is 2.12 bits per heavy atom. The van der Waals surface area contributed by atoms with E-state index in [0.29, 0.717) is 18.2 Å². The molecule has 17 heavy (non-hydrogen) atoms. The van der Waals surface area contributed by atoms with Crippen molar-refractivity contribution >= 4 is 6.09 Å². The lowest BCUT2D eigenvalue weighted by molar-refractivity contribution is 0.165. The normalized spacial score (nSPS) is 12.0. The number of amides is 1. The molecule has 0 fully saturated rings. The standard InChI is InChI=1S/C14H21NO2/c1-5-11(3)12-8-7-9-13(10-12)17-14(16)15(4)6-2/h7-11H,5-6H2,1-4H3. The minimum atomic E-state index is -0.311. The summed E-state index contributed by atoms with van der Waals surface area (Å²) in [6.45, 7) is 6.87. The molecule has 0 aliphatic carbocycles. The highest BCUT2D eigenvalue weighted by molar-refractivity contribution is 5.70. The van der Waals surface area contributed by atoms with Gasteiger partial charge in [-0.2, -0.15) is 0 Å². The number of hydrogen-bond acceptors (Lipinski definition) is 2. The van der Waals surface area contributed by atoms with Gasteiger partial charge in [-0.3, -0.25) is 0 Å². The molecule has 0 aliphatic heterocycles. The lowest BCUT2D eigenvalue weighted by atomic mass is 9.99. The van der Waals surface area contributed by atoms with Crippen molar-refractivity contribution < 1.29 is 9.53 Å². The highest BCUT2D eigenvalue weighted by Gasteiger charge is 2.10. The maximum Gasteiger partial charge on any atom is 0.414 e. The van der Waals surface area contributed by atoms with Gasteiger partial charge in [0.1, 0.15) is 5.75 Å². The van der Waals surface area contributed by atoms with Gasteiger partial charge in [-0.1, -0.05) is 26.0 Å². The lowest BCUT2D eigenvalue weighted by Gasteiger charge is -2.15. The van der Waals surface area contributed by atoms with Crippen LogP contribution in [0.3, 0.4) is 0 Å². The van der Waals surface area contributed by atoms with Crippen LogP contribution in [0.15, 0.2) is 24.3 Å². The first-order valence-electron chi connectivity index (χ1n) is 6.11. The van der Waals surface area contributed by atoms with E-state index in [1.54, 1.807) is 7.05 Å². The van der Waals surface area contributed by atoms with Crippen LogP contribution >= 0.6 is 0 Å². The largest absolute Gasteiger partial charge is 0.414 e. The molecular formula is C14H21NO2. The third-order valence-electron chi connectivity index (χ3n) is 3.03. The topological polar surface area (TPSA) is 29.5 Å². The zero-order chi connectivity index (χ0) is 12.8. The molecule has 0 aromatic heterocycles. The van der Waals surface area contributed by atoms with E-state index in [1.165, 1.54) is 10.5 Å². The molecule has 1 aromatic carbocycles. The highest BCUT2D eigenvalue weighted by atomic mass is 16.6. The Hall–Kier alpha value is -1.51. The van der Waals surface area contributed by atoms with Gasteiger partial charge < -0.3 is 9.64 Å². The average Bonchev–Trinajstić information content (AvgIpc) is 2.37. The van der Waals surface area contributed by atoms with Crippen molar-refractivity contribution in [1.82, 2.24) is 4.90 Å². The van der Waals surface area contributed by atoms with Crippen molar-refractivity contribution in [3.63, 3.8) is 0 Å². The second-order valence-electron chi connectivity index (χ2n) is 4.26. The fourth-order valence-electron chi connectivity index (χ4n) is 1.43. The molecule has 1 aromatic rings. The SMILES string of the molecule is CCC(C)c1cccc(OC(=O)N(C)CC)c1. The second kappa shape index (κ2) is 6.28. The molecule has 0 saturated carbocycles. The molecule has 0 radical (unpaired) electrons. The Kier molecular flexibility index (Phi) is 5.01. The smallest absolute Gasteiger partial charge is 0.410 e. The van der Waals surface area contributed by atoms with E-state index in [9.17, 15) is 4.79 Å². The maximum absolute atomic E-state index is 11.6. The molecular weight excluding hydrogens is 214 g/mol. The number of hydrogen-bond donors (Lipinski definition) is 0. The predicted octanol–water partition coefficient (Wildman–Crippen LogP) is 3.65. The van der Waals surface area contributed by atoms with Crippen LogP contribution in [0.2, 0.25) is 0 Å². The van der Waals surface area contributed by atoms with Gasteiger partial charge in [0.05, 0.1) is 0 Å². The Labute approximate surface area is 103 Å². The number of carbonyl (C=O) groups is 1. The van der Waals surface area contributed by atoms with Gasteiger partial charge in [-0.05, 0) is 37.0 Å². The Bertz CT molecular complexity index is 376. The third kappa shape index (κ3) is 3.77. The van der Waals surface area contributed by atoms with Crippen molar-refractivity contribution in [2.75, 3.05) is 13.6 Å².